The van der Waals surface area contributed by atoms with Crippen LogP contribution in [0.4, 0.5) is 5.69 Å². The third kappa shape index (κ3) is 3.08. The first kappa shape index (κ1) is 15.2. The topological polar surface area (TPSA) is 56.8 Å². The lowest BCUT2D eigenvalue weighted by atomic mass is 10.1. The van der Waals surface area contributed by atoms with Gasteiger partial charge in [0.2, 0.25) is 5.75 Å². The Balaban J connectivity index is 1.90. The Kier molecular flexibility index (Phi) is 4.10. The van der Waals surface area contributed by atoms with Crippen LogP contribution in [0.3, 0.4) is 0 Å². The number of hydrogen-bond donors (Lipinski definition) is 1. The molecule has 0 spiro atoms. The van der Waals surface area contributed by atoms with Gasteiger partial charge < -0.3 is 19.5 Å². The average molecular weight is 313 g/mol. The van der Waals surface area contributed by atoms with E-state index >= 15 is 0 Å². The van der Waals surface area contributed by atoms with Crippen LogP contribution in [0.2, 0.25) is 0 Å². The van der Waals surface area contributed by atoms with E-state index in [1.165, 1.54) is 0 Å². The largest absolute Gasteiger partial charge is 0.493 e. The molecule has 23 heavy (non-hydrogen) atoms. The molecule has 5 heteroatoms. The van der Waals surface area contributed by atoms with Gasteiger partial charge in [0, 0.05) is 11.3 Å². The van der Waals surface area contributed by atoms with Crippen LogP contribution in [-0.2, 0) is 0 Å². The Labute approximate surface area is 135 Å². The van der Waals surface area contributed by atoms with Crippen molar-refractivity contribution in [1.82, 2.24) is 0 Å². The van der Waals surface area contributed by atoms with Crippen LogP contribution in [0.5, 0.6) is 17.2 Å². The Morgan fingerprint density at radius 2 is 1.91 bits per heavy atom. The first-order chi connectivity index (χ1) is 11.1. The first-order valence-electron chi connectivity index (χ1n) is 7.44. The van der Waals surface area contributed by atoms with Crippen molar-refractivity contribution in [3.63, 3.8) is 0 Å². The van der Waals surface area contributed by atoms with Crippen LogP contribution in [0.1, 0.15) is 21.5 Å². The lowest BCUT2D eigenvalue weighted by Gasteiger charge is -2.21. The molecule has 2 aromatic carbocycles. The molecule has 1 N–H and O–H groups in total. The number of anilines is 1. The molecule has 0 fully saturated rings. The molecule has 0 bridgehead atoms. The monoisotopic (exact) mass is 313 g/mol. The normalized spacial score (nSPS) is 12.7. The molecule has 1 aliphatic heterocycles. The molecule has 1 aliphatic rings. The molecule has 0 radical (unpaired) electrons. The van der Waals surface area contributed by atoms with Gasteiger partial charge in [0.15, 0.2) is 11.5 Å². The van der Waals surface area contributed by atoms with Gasteiger partial charge in [-0.15, -0.1) is 0 Å². The van der Waals surface area contributed by atoms with E-state index in [1.807, 2.05) is 32.0 Å². The number of carbonyl (C=O) groups excluding carboxylic acids is 1. The van der Waals surface area contributed by atoms with Crippen molar-refractivity contribution in [3.8, 4) is 17.2 Å². The number of aryl methyl sites for hydroxylation is 2. The summed E-state index contributed by atoms with van der Waals surface area (Å²) in [5.74, 6) is 1.35. The summed E-state index contributed by atoms with van der Waals surface area (Å²) < 4.78 is 16.4. The third-order valence-electron chi connectivity index (χ3n) is 3.72. The van der Waals surface area contributed by atoms with E-state index in [1.54, 1.807) is 19.2 Å². The van der Waals surface area contributed by atoms with Gasteiger partial charge in [-0.05, 0) is 37.6 Å². The lowest BCUT2D eigenvalue weighted by Crippen LogP contribution is -2.18. The van der Waals surface area contributed by atoms with E-state index < -0.39 is 0 Å². The van der Waals surface area contributed by atoms with Gasteiger partial charge in [-0.25, -0.2) is 0 Å². The minimum absolute atomic E-state index is 0.216. The van der Waals surface area contributed by atoms with Gasteiger partial charge in [0.1, 0.15) is 13.2 Å². The molecule has 2 aromatic rings. The molecular formula is C18H19NO4. The Morgan fingerprint density at radius 3 is 2.65 bits per heavy atom. The fourth-order valence-electron chi connectivity index (χ4n) is 2.55. The van der Waals surface area contributed by atoms with Gasteiger partial charge >= 0.3 is 0 Å². The van der Waals surface area contributed by atoms with Crippen molar-refractivity contribution in [2.24, 2.45) is 0 Å². The standard InChI is InChI=1S/C18H19NO4/c1-11-4-5-14(12(2)8-11)19-18(20)13-9-15(21-3)17-16(10-13)22-6-7-23-17/h4-5,8-10H,6-7H2,1-3H3,(H,19,20). The fraction of sp³-hybridized carbons (Fsp3) is 0.278. The number of benzene rings is 2. The molecule has 0 atom stereocenters. The highest BCUT2D eigenvalue weighted by Gasteiger charge is 2.21. The smallest absolute Gasteiger partial charge is 0.255 e. The van der Waals surface area contributed by atoms with E-state index in [-0.39, 0.29) is 5.91 Å². The zero-order valence-electron chi connectivity index (χ0n) is 13.4. The molecular weight excluding hydrogens is 294 g/mol. The maximum absolute atomic E-state index is 12.5. The number of carbonyl (C=O) groups is 1. The fourth-order valence-corrected chi connectivity index (χ4v) is 2.55. The summed E-state index contributed by atoms with van der Waals surface area (Å²) in [6.07, 6.45) is 0. The highest BCUT2D eigenvalue weighted by Crippen LogP contribution is 2.40. The van der Waals surface area contributed by atoms with Crippen LogP contribution in [-0.4, -0.2) is 26.2 Å². The van der Waals surface area contributed by atoms with Crippen LogP contribution in [0.15, 0.2) is 30.3 Å². The molecule has 1 heterocycles. The third-order valence-corrected chi connectivity index (χ3v) is 3.72. The number of nitrogens with one attached hydrogen (secondary N) is 1. The van der Waals surface area contributed by atoms with E-state index in [2.05, 4.69) is 5.32 Å². The highest BCUT2D eigenvalue weighted by molar-refractivity contribution is 6.05. The molecule has 0 unspecified atom stereocenters. The average Bonchev–Trinajstić information content (AvgIpc) is 2.56. The summed E-state index contributed by atoms with van der Waals surface area (Å²) in [7, 11) is 1.54. The number of hydrogen-bond acceptors (Lipinski definition) is 4. The van der Waals surface area contributed by atoms with Crippen molar-refractivity contribution in [3.05, 3.63) is 47.0 Å². The summed E-state index contributed by atoms with van der Waals surface area (Å²) >= 11 is 0. The van der Waals surface area contributed by atoms with E-state index in [0.29, 0.717) is 36.0 Å². The molecule has 3 rings (SSSR count). The Hall–Kier alpha value is -2.69. The second-order valence-corrected chi connectivity index (χ2v) is 5.48. The molecule has 5 nitrogen and oxygen atoms in total. The Bertz CT molecular complexity index is 738. The van der Waals surface area contributed by atoms with Gasteiger partial charge in [0.05, 0.1) is 7.11 Å². The summed E-state index contributed by atoms with van der Waals surface area (Å²) in [6, 6.07) is 9.23. The zero-order valence-corrected chi connectivity index (χ0v) is 13.4. The minimum Gasteiger partial charge on any atom is -0.493 e. The zero-order chi connectivity index (χ0) is 16.4. The predicted molar refractivity (Wildman–Crippen MR) is 87.9 cm³/mol. The Morgan fingerprint density at radius 1 is 1.13 bits per heavy atom. The number of ether oxygens (including phenoxy) is 3. The lowest BCUT2D eigenvalue weighted by molar-refractivity contribution is 0.102. The molecule has 0 aromatic heterocycles. The molecule has 0 saturated carbocycles. The number of methoxy groups -OCH3 is 1. The number of amides is 1. The SMILES string of the molecule is COc1cc(C(=O)Nc2ccc(C)cc2C)cc2c1OCCO2. The molecule has 120 valence electrons. The first-order valence-corrected chi connectivity index (χ1v) is 7.44. The second-order valence-electron chi connectivity index (χ2n) is 5.48. The van der Waals surface area contributed by atoms with E-state index in [0.717, 1.165) is 16.8 Å². The highest BCUT2D eigenvalue weighted by atomic mass is 16.6. The van der Waals surface area contributed by atoms with E-state index in [9.17, 15) is 4.79 Å². The number of rotatable bonds is 3. The summed E-state index contributed by atoms with van der Waals surface area (Å²) in [4.78, 5) is 12.5. The van der Waals surface area contributed by atoms with Gasteiger partial charge in [-0.3, -0.25) is 4.79 Å². The molecule has 0 aliphatic carbocycles. The summed E-state index contributed by atoms with van der Waals surface area (Å²) in [5.41, 5.74) is 3.42. The summed E-state index contributed by atoms with van der Waals surface area (Å²) in [6.45, 7) is 4.91. The van der Waals surface area contributed by atoms with Crippen LogP contribution < -0.4 is 19.5 Å². The quantitative estimate of drug-likeness (QED) is 0.944. The maximum atomic E-state index is 12.5. The van der Waals surface area contributed by atoms with Crippen LogP contribution in [0.25, 0.3) is 0 Å². The predicted octanol–water partition coefficient (Wildman–Crippen LogP) is 3.34. The van der Waals surface area contributed by atoms with E-state index in [4.69, 9.17) is 14.2 Å². The van der Waals surface area contributed by atoms with Gasteiger partial charge in [-0.2, -0.15) is 0 Å². The van der Waals surface area contributed by atoms with Crippen LogP contribution in [0, 0.1) is 13.8 Å². The van der Waals surface area contributed by atoms with Crippen molar-refractivity contribution in [2.45, 2.75) is 13.8 Å². The second kappa shape index (κ2) is 6.20. The number of fused-ring (bicyclic) bond motifs is 1. The van der Waals surface area contributed by atoms with Crippen molar-refractivity contribution >= 4 is 11.6 Å². The molecule has 0 saturated heterocycles. The maximum Gasteiger partial charge on any atom is 0.255 e. The van der Waals surface area contributed by atoms with Gasteiger partial charge in [0.25, 0.3) is 5.91 Å². The van der Waals surface area contributed by atoms with Crippen molar-refractivity contribution in [1.29, 1.82) is 0 Å². The van der Waals surface area contributed by atoms with Crippen molar-refractivity contribution in [2.75, 3.05) is 25.6 Å². The van der Waals surface area contributed by atoms with Gasteiger partial charge in [-0.1, -0.05) is 17.7 Å². The minimum atomic E-state index is -0.216. The summed E-state index contributed by atoms with van der Waals surface area (Å²) in [5, 5.41) is 2.92. The van der Waals surface area contributed by atoms with Crippen molar-refractivity contribution < 1.29 is 19.0 Å². The van der Waals surface area contributed by atoms with Crippen LogP contribution >= 0.6 is 0 Å². The molecule has 1 amide bonds.